The topological polar surface area (TPSA) is 112 Å². The Bertz CT molecular complexity index is 2080. The van der Waals surface area contributed by atoms with Gasteiger partial charge in [-0.05, 0) is 109 Å². The molecule has 1 fully saturated rings. The number of pyridine rings is 1. The average molecular weight is 725 g/mol. The van der Waals surface area contributed by atoms with E-state index in [1.54, 1.807) is 36.4 Å². The minimum atomic E-state index is -4.49. The fourth-order valence-corrected chi connectivity index (χ4v) is 6.76. The number of carboxylic acid groups (broad SMARTS) is 1. The highest BCUT2D eigenvalue weighted by Gasteiger charge is 2.30. The molecule has 4 aromatic carbocycles. The zero-order chi connectivity index (χ0) is 36.7. The molecule has 1 aromatic heterocycles. The Morgan fingerprint density at radius 2 is 1.50 bits per heavy atom. The number of alkyl halides is 3. The third-order valence-corrected chi connectivity index (χ3v) is 9.76. The second-order valence-electron chi connectivity index (χ2n) is 12.4. The number of amides is 2. The smallest absolute Gasteiger partial charge is 0.416 e. The molecule has 266 valence electrons. The maximum absolute atomic E-state index is 13.7. The molecule has 2 heterocycles. The molecule has 0 bridgehead atoms. The lowest BCUT2D eigenvalue weighted by atomic mass is 10.0. The van der Waals surface area contributed by atoms with Gasteiger partial charge >= 0.3 is 12.1 Å². The molecular formula is C40H35F3N4O4S. The minimum Gasteiger partial charge on any atom is -0.478 e. The van der Waals surface area contributed by atoms with Crippen LogP contribution in [-0.4, -0.2) is 41.0 Å². The van der Waals surface area contributed by atoms with Crippen molar-refractivity contribution in [2.75, 3.05) is 23.3 Å². The zero-order valence-electron chi connectivity index (χ0n) is 28.0. The summed E-state index contributed by atoms with van der Waals surface area (Å²) in [4.78, 5) is 45.7. The lowest BCUT2D eigenvalue weighted by Crippen LogP contribution is -2.29. The van der Waals surface area contributed by atoms with Crippen LogP contribution < -0.4 is 15.5 Å². The first kappa shape index (κ1) is 36.2. The van der Waals surface area contributed by atoms with Gasteiger partial charge in [0, 0.05) is 58.9 Å². The fourth-order valence-electron chi connectivity index (χ4n) is 5.92. The normalized spacial score (nSPS) is 13.0. The first-order valence-corrected chi connectivity index (χ1v) is 17.7. The van der Waals surface area contributed by atoms with Crippen LogP contribution in [0.3, 0.4) is 0 Å². The van der Waals surface area contributed by atoms with Crippen LogP contribution in [0.25, 0.3) is 11.3 Å². The number of carbonyl (C=O) groups is 3. The summed E-state index contributed by atoms with van der Waals surface area (Å²) in [5, 5.41) is 14.9. The monoisotopic (exact) mass is 724 g/mol. The van der Waals surface area contributed by atoms with Crippen molar-refractivity contribution < 1.29 is 32.7 Å². The van der Waals surface area contributed by atoms with E-state index in [9.17, 15) is 27.6 Å². The van der Waals surface area contributed by atoms with Crippen molar-refractivity contribution in [3.05, 3.63) is 143 Å². The second-order valence-corrected chi connectivity index (χ2v) is 13.4. The standard InChI is InChI=1S/C40H35F3N4O4S/c41-40(42,43)31-9-5-6-26(21-31)24-45-37(48)30-16-17-44-36(22-30)34-23-32(47-18-2-1-3-19-47)12-15-35(34)46-38(49)29-8-4-7-27(20-29)25-52-33-13-10-28(11-14-33)39(50)51/h4-17,20-23H,1-3,18-19,24-25H2,(H,45,48)(H,46,49)(H,50,51). The molecule has 1 saturated heterocycles. The maximum Gasteiger partial charge on any atom is 0.416 e. The van der Waals surface area contributed by atoms with E-state index in [0.29, 0.717) is 33.8 Å². The van der Waals surface area contributed by atoms with Crippen LogP contribution in [0.1, 0.15) is 67.0 Å². The number of thioether (sulfide) groups is 1. The number of halogens is 3. The summed E-state index contributed by atoms with van der Waals surface area (Å²) < 4.78 is 39.6. The number of carboxylic acids is 1. The third kappa shape index (κ3) is 9.18. The van der Waals surface area contributed by atoms with Gasteiger partial charge in [0.25, 0.3) is 11.8 Å². The summed E-state index contributed by atoms with van der Waals surface area (Å²) in [6.45, 7) is 1.69. The van der Waals surface area contributed by atoms with E-state index in [0.717, 1.165) is 60.6 Å². The number of aromatic carboxylic acids is 1. The highest BCUT2D eigenvalue weighted by molar-refractivity contribution is 7.98. The number of rotatable bonds is 11. The molecule has 6 rings (SSSR count). The van der Waals surface area contributed by atoms with E-state index in [-0.39, 0.29) is 23.6 Å². The van der Waals surface area contributed by atoms with E-state index in [4.69, 9.17) is 5.11 Å². The van der Waals surface area contributed by atoms with Crippen LogP contribution >= 0.6 is 11.8 Å². The van der Waals surface area contributed by atoms with Crippen LogP contribution in [0.5, 0.6) is 0 Å². The van der Waals surface area contributed by atoms with Crippen LogP contribution in [0, 0.1) is 0 Å². The van der Waals surface area contributed by atoms with Crippen molar-refractivity contribution in [3.63, 3.8) is 0 Å². The summed E-state index contributed by atoms with van der Waals surface area (Å²) in [7, 11) is 0. The van der Waals surface area contributed by atoms with Gasteiger partial charge in [-0.25, -0.2) is 4.79 Å². The van der Waals surface area contributed by atoms with Gasteiger partial charge in [-0.3, -0.25) is 14.6 Å². The highest BCUT2D eigenvalue weighted by atomic mass is 32.2. The van der Waals surface area contributed by atoms with E-state index >= 15 is 0 Å². The summed E-state index contributed by atoms with van der Waals surface area (Å²) in [5.74, 6) is -1.23. The predicted octanol–water partition coefficient (Wildman–Crippen LogP) is 8.93. The lowest BCUT2D eigenvalue weighted by molar-refractivity contribution is -0.137. The maximum atomic E-state index is 13.7. The molecule has 2 amide bonds. The summed E-state index contributed by atoms with van der Waals surface area (Å²) in [6, 6.07) is 27.6. The molecule has 3 N–H and O–H groups in total. The van der Waals surface area contributed by atoms with Crippen LogP contribution in [0.2, 0.25) is 0 Å². The molecule has 0 aliphatic carbocycles. The lowest BCUT2D eigenvalue weighted by Gasteiger charge is -2.29. The van der Waals surface area contributed by atoms with Crippen LogP contribution in [-0.2, 0) is 18.5 Å². The van der Waals surface area contributed by atoms with Crippen molar-refractivity contribution in [2.24, 2.45) is 0 Å². The Hall–Kier alpha value is -5.62. The predicted molar refractivity (Wildman–Crippen MR) is 196 cm³/mol. The van der Waals surface area contributed by atoms with Crippen LogP contribution in [0.4, 0.5) is 24.5 Å². The SMILES string of the molecule is O=C(O)c1ccc(SCc2cccc(C(=O)Nc3ccc(N4CCCCC4)cc3-c3cc(C(=O)NCc4cccc(C(F)(F)F)c4)ccn3)c2)cc1. The molecule has 0 atom stereocenters. The van der Waals surface area contributed by atoms with E-state index in [2.05, 4.69) is 20.5 Å². The fraction of sp³-hybridized carbons (Fsp3) is 0.200. The largest absolute Gasteiger partial charge is 0.478 e. The van der Waals surface area contributed by atoms with Crippen molar-refractivity contribution in [1.29, 1.82) is 0 Å². The molecular weight excluding hydrogens is 690 g/mol. The Morgan fingerprint density at radius 3 is 2.25 bits per heavy atom. The number of carbonyl (C=O) groups excluding carboxylic acids is 2. The number of piperidine rings is 1. The Balaban J connectivity index is 1.21. The van der Waals surface area contributed by atoms with Gasteiger partial charge in [-0.1, -0.05) is 24.3 Å². The molecule has 0 saturated carbocycles. The number of nitrogens with zero attached hydrogens (tertiary/aromatic N) is 2. The summed E-state index contributed by atoms with van der Waals surface area (Å²) >= 11 is 1.53. The van der Waals surface area contributed by atoms with Crippen LogP contribution in [0.15, 0.2) is 114 Å². The average Bonchev–Trinajstić information content (AvgIpc) is 3.16. The highest BCUT2D eigenvalue weighted by Crippen LogP contribution is 2.34. The summed E-state index contributed by atoms with van der Waals surface area (Å²) in [6.07, 6.45) is 0.290. The second kappa shape index (κ2) is 16.2. The number of hydrogen-bond donors (Lipinski definition) is 3. The molecule has 1 aliphatic heterocycles. The third-order valence-electron chi connectivity index (χ3n) is 8.67. The van der Waals surface area contributed by atoms with Crippen molar-refractivity contribution in [2.45, 2.75) is 42.6 Å². The Labute approximate surface area is 303 Å². The van der Waals surface area contributed by atoms with Crippen molar-refractivity contribution >= 4 is 40.9 Å². The molecule has 8 nitrogen and oxygen atoms in total. The first-order chi connectivity index (χ1) is 25.0. The Kier molecular flexibility index (Phi) is 11.2. The zero-order valence-corrected chi connectivity index (χ0v) is 28.8. The van der Waals surface area contributed by atoms with Gasteiger partial charge in [0.2, 0.25) is 0 Å². The molecule has 0 spiro atoms. The van der Waals surface area contributed by atoms with Crippen molar-refractivity contribution in [1.82, 2.24) is 10.3 Å². The molecule has 5 aromatic rings. The minimum absolute atomic E-state index is 0.0965. The quantitative estimate of drug-likeness (QED) is 0.117. The Morgan fingerprint density at radius 1 is 0.769 bits per heavy atom. The van der Waals surface area contributed by atoms with Gasteiger partial charge in [-0.15, -0.1) is 11.8 Å². The number of hydrogen-bond acceptors (Lipinski definition) is 6. The van der Waals surface area contributed by atoms with Gasteiger partial charge in [0.15, 0.2) is 0 Å². The van der Waals surface area contributed by atoms with E-state index < -0.39 is 23.6 Å². The molecule has 12 heteroatoms. The van der Waals surface area contributed by atoms with Crippen molar-refractivity contribution in [3.8, 4) is 11.3 Å². The van der Waals surface area contributed by atoms with E-state index in [1.165, 1.54) is 36.2 Å². The van der Waals surface area contributed by atoms with Gasteiger partial charge in [-0.2, -0.15) is 13.2 Å². The number of aromatic nitrogens is 1. The van der Waals surface area contributed by atoms with Gasteiger partial charge in [0.1, 0.15) is 0 Å². The van der Waals surface area contributed by atoms with E-state index in [1.807, 2.05) is 36.4 Å². The molecule has 0 unspecified atom stereocenters. The van der Waals surface area contributed by atoms with Gasteiger partial charge < -0.3 is 20.6 Å². The number of nitrogens with one attached hydrogen (secondary N) is 2. The molecule has 1 aliphatic rings. The molecule has 52 heavy (non-hydrogen) atoms. The first-order valence-electron chi connectivity index (χ1n) is 16.7. The van der Waals surface area contributed by atoms with Gasteiger partial charge in [0.05, 0.1) is 22.5 Å². The number of anilines is 2. The molecule has 0 radical (unpaired) electrons. The number of benzene rings is 4. The summed E-state index contributed by atoms with van der Waals surface area (Å²) in [5.41, 5.74) is 3.87.